The van der Waals surface area contributed by atoms with E-state index >= 15 is 0 Å². The maximum atomic E-state index is 12.0. The molecule has 0 bridgehead atoms. The average Bonchev–Trinajstić information content (AvgIpc) is 2.06. The molecule has 0 aromatic heterocycles. The van der Waals surface area contributed by atoms with Crippen LogP contribution in [-0.4, -0.2) is 18.0 Å². The van der Waals surface area contributed by atoms with Gasteiger partial charge in [0.1, 0.15) is 0 Å². The van der Waals surface area contributed by atoms with Gasteiger partial charge in [0.2, 0.25) is 0 Å². The predicted molar refractivity (Wildman–Crippen MR) is 50.2 cm³/mol. The van der Waals surface area contributed by atoms with Crippen molar-refractivity contribution >= 4 is 0 Å². The number of ether oxygens (including phenoxy) is 1. The molecule has 0 saturated carbocycles. The van der Waals surface area contributed by atoms with Crippen molar-refractivity contribution in [2.24, 2.45) is 0 Å². The molecule has 0 amide bonds. The van der Waals surface area contributed by atoms with Gasteiger partial charge in [0.25, 0.3) is 0 Å². The lowest BCUT2D eigenvalue weighted by atomic mass is 9.97. The maximum Gasteiger partial charge on any atom is 0.573 e. The molecule has 1 atom stereocenters. The van der Waals surface area contributed by atoms with Gasteiger partial charge in [0.15, 0.2) is 11.5 Å². The van der Waals surface area contributed by atoms with Crippen molar-refractivity contribution in [2.75, 3.05) is 6.54 Å². The minimum atomic E-state index is -4.79. The Kier molecular flexibility index (Phi) is 2.67. The van der Waals surface area contributed by atoms with E-state index in [4.69, 9.17) is 0 Å². The van der Waals surface area contributed by atoms with E-state index < -0.39 is 17.9 Å². The third-order valence-electron chi connectivity index (χ3n) is 2.46. The summed E-state index contributed by atoms with van der Waals surface area (Å²) in [7, 11) is 0. The number of halogens is 3. The second-order valence-corrected chi connectivity index (χ2v) is 3.54. The Balaban J connectivity index is 2.25. The van der Waals surface area contributed by atoms with Crippen LogP contribution in [0.2, 0.25) is 0 Å². The number of nitrogens with one attached hydrogen (secondary N) is 1. The van der Waals surface area contributed by atoms with Crippen molar-refractivity contribution in [2.45, 2.75) is 18.8 Å². The molecule has 1 fully saturated rings. The molecule has 0 unspecified atom stereocenters. The number of hydrogen-bond acceptors (Lipinski definition) is 3. The lowest BCUT2D eigenvalue weighted by Crippen LogP contribution is -2.35. The molecule has 1 heterocycles. The van der Waals surface area contributed by atoms with Crippen molar-refractivity contribution < 1.29 is 23.0 Å². The van der Waals surface area contributed by atoms with E-state index in [-0.39, 0.29) is 6.04 Å². The van der Waals surface area contributed by atoms with Crippen LogP contribution in [0.4, 0.5) is 13.2 Å². The first-order chi connectivity index (χ1) is 7.47. The van der Waals surface area contributed by atoms with E-state index in [1.54, 1.807) is 6.07 Å². The van der Waals surface area contributed by atoms with Crippen LogP contribution in [0, 0.1) is 0 Å². The normalized spacial score (nSPS) is 20.3. The zero-order valence-electron chi connectivity index (χ0n) is 8.21. The van der Waals surface area contributed by atoms with Crippen molar-refractivity contribution in [1.82, 2.24) is 5.32 Å². The van der Waals surface area contributed by atoms with Crippen LogP contribution in [0.25, 0.3) is 0 Å². The molecule has 16 heavy (non-hydrogen) atoms. The number of phenols is 1. The molecule has 0 spiro atoms. The standard InChI is InChI=1S/C10H10F3NO2/c11-10(12,13)16-8-3-1-2-6(9(8)15)7-4-5-14-7/h1-3,7,14-15H,4-5H2/t7-/m0/s1. The molecule has 2 N–H and O–H groups in total. The van der Waals surface area contributed by atoms with E-state index in [0.717, 1.165) is 19.0 Å². The number of aromatic hydroxyl groups is 1. The van der Waals surface area contributed by atoms with E-state index in [0.29, 0.717) is 5.56 Å². The van der Waals surface area contributed by atoms with E-state index in [2.05, 4.69) is 10.1 Å². The molecule has 1 aromatic rings. The second-order valence-electron chi connectivity index (χ2n) is 3.54. The highest BCUT2D eigenvalue weighted by Gasteiger charge is 2.33. The zero-order chi connectivity index (χ0) is 11.8. The molecule has 1 aliphatic rings. The van der Waals surface area contributed by atoms with Gasteiger partial charge in [0.05, 0.1) is 0 Å². The van der Waals surface area contributed by atoms with Crippen molar-refractivity contribution in [3.05, 3.63) is 23.8 Å². The van der Waals surface area contributed by atoms with Gasteiger partial charge in [-0.25, -0.2) is 0 Å². The van der Waals surface area contributed by atoms with Crippen molar-refractivity contribution in [1.29, 1.82) is 0 Å². The van der Waals surface area contributed by atoms with Crippen LogP contribution in [0.5, 0.6) is 11.5 Å². The maximum absolute atomic E-state index is 12.0. The minimum absolute atomic E-state index is 0.0863. The van der Waals surface area contributed by atoms with Crippen LogP contribution < -0.4 is 10.1 Å². The summed E-state index contributed by atoms with van der Waals surface area (Å²) in [6.45, 7) is 0.800. The number of benzene rings is 1. The monoisotopic (exact) mass is 233 g/mol. The lowest BCUT2D eigenvalue weighted by molar-refractivity contribution is -0.275. The summed E-state index contributed by atoms with van der Waals surface area (Å²) in [5.74, 6) is -1.00. The molecule has 1 saturated heterocycles. The molecular weight excluding hydrogens is 223 g/mol. The smallest absolute Gasteiger partial charge is 0.504 e. The fourth-order valence-corrected chi connectivity index (χ4v) is 1.58. The predicted octanol–water partition coefficient (Wildman–Crippen LogP) is 2.33. The van der Waals surface area contributed by atoms with Gasteiger partial charge in [-0.1, -0.05) is 12.1 Å². The zero-order valence-corrected chi connectivity index (χ0v) is 8.21. The first-order valence-electron chi connectivity index (χ1n) is 4.78. The van der Waals surface area contributed by atoms with Crippen LogP contribution in [0.1, 0.15) is 18.0 Å². The summed E-state index contributed by atoms with van der Waals surface area (Å²) >= 11 is 0. The third-order valence-corrected chi connectivity index (χ3v) is 2.46. The number of rotatable bonds is 2. The van der Waals surface area contributed by atoms with Crippen LogP contribution in [-0.2, 0) is 0 Å². The molecule has 1 aromatic carbocycles. The third kappa shape index (κ3) is 2.21. The van der Waals surface area contributed by atoms with Gasteiger partial charge in [-0.3, -0.25) is 0 Å². The van der Waals surface area contributed by atoms with Crippen molar-refractivity contribution in [3.8, 4) is 11.5 Å². The Morgan fingerprint density at radius 1 is 1.38 bits per heavy atom. The summed E-state index contributed by atoms with van der Waals surface area (Å²) in [5, 5.41) is 12.6. The summed E-state index contributed by atoms with van der Waals surface area (Å²) in [6.07, 6.45) is -3.99. The molecule has 0 radical (unpaired) electrons. The van der Waals surface area contributed by atoms with E-state index in [1.165, 1.54) is 6.07 Å². The van der Waals surface area contributed by atoms with Crippen LogP contribution >= 0.6 is 0 Å². The van der Waals surface area contributed by atoms with Crippen molar-refractivity contribution in [3.63, 3.8) is 0 Å². The topological polar surface area (TPSA) is 41.5 Å². The SMILES string of the molecule is Oc1c(OC(F)(F)F)cccc1[C@@H]1CCN1. The quantitative estimate of drug-likeness (QED) is 0.823. The Bertz CT molecular complexity index is 388. The van der Waals surface area contributed by atoms with Gasteiger partial charge in [0, 0.05) is 11.6 Å². The fraction of sp³-hybridized carbons (Fsp3) is 0.400. The first-order valence-corrected chi connectivity index (χ1v) is 4.78. The van der Waals surface area contributed by atoms with E-state index in [9.17, 15) is 18.3 Å². The Morgan fingerprint density at radius 3 is 2.56 bits per heavy atom. The summed E-state index contributed by atoms with van der Waals surface area (Å²) in [5.41, 5.74) is 0.438. The van der Waals surface area contributed by atoms with E-state index in [1.807, 2.05) is 0 Å². The number of hydrogen-bond donors (Lipinski definition) is 2. The Labute approximate surface area is 89.8 Å². The molecule has 3 nitrogen and oxygen atoms in total. The number of para-hydroxylation sites is 1. The Morgan fingerprint density at radius 2 is 2.06 bits per heavy atom. The Hall–Kier alpha value is -1.43. The highest BCUT2D eigenvalue weighted by Crippen LogP contribution is 2.38. The molecule has 1 aliphatic heterocycles. The van der Waals surface area contributed by atoms with Gasteiger partial charge >= 0.3 is 6.36 Å². The fourth-order valence-electron chi connectivity index (χ4n) is 1.58. The first kappa shape index (κ1) is 11.1. The second kappa shape index (κ2) is 3.86. The van der Waals surface area contributed by atoms with Gasteiger partial charge in [-0.2, -0.15) is 0 Å². The minimum Gasteiger partial charge on any atom is -0.504 e. The molecule has 6 heteroatoms. The largest absolute Gasteiger partial charge is 0.573 e. The van der Waals surface area contributed by atoms with Gasteiger partial charge < -0.3 is 15.2 Å². The van der Waals surface area contributed by atoms with Gasteiger partial charge in [-0.15, -0.1) is 13.2 Å². The molecule has 2 rings (SSSR count). The molecule has 88 valence electrons. The highest BCUT2D eigenvalue weighted by atomic mass is 19.4. The lowest BCUT2D eigenvalue weighted by Gasteiger charge is -2.29. The average molecular weight is 233 g/mol. The van der Waals surface area contributed by atoms with Gasteiger partial charge in [-0.05, 0) is 19.0 Å². The molecular formula is C10H10F3NO2. The summed E-state index contributed by atoms with van der Waals surface area (Å²) in [4.78, 5) is 0. The summed E-state index contributed by atoms with van der Waals surface area (Å²) < 4.78 is 39.7. The molecule has 0 aliphatic carbocycles. The van der Waals surface area contributed by atoms with Crippen LogP contribution in [0.3, 0.4) is 0 Å². The summed E-state index contributed by atoms with van der Waals surface area (Å²) in [6, 6.07) is 4.01. The number of alkyl halides is 3. The van der Waals surface area contributed by atoms with Crippen LogP contribution in [0.15, 0.2) is 18.2 Å². The highest BCUT2D eigenvalue weighted by molar-refractivity contribution is 5.47. The number of phenolic OH excluding ortho intramolecular Hbond substituents is 1.